The number of carbonyl (C=O) groups is 2. The molecule has 1 aromatic carbocycles. The third kappa shape index (κ3) is 3.61. The van der Waals surface area contributed by atoms with E-state index in [9.17, 15) is 14.7 Å². The van der Waals surface area contributed by atoms with Crippen LogP contribution in [0.3, 0.4) is 0 Å². The number of nitrogens with zero attached hydrogens (tertiary/aromatic N) is 2. The molecule has 7 nitrogen and oxygen atoms in total. The second kappa shape index (κ2) is 8.67. The van der Waals surface area contributed by atoms with Gasteiger partial charge in [0.1, 0.15) is 5.75 Å². The molecule has 1 saturated carbocycles. The van der Waals surface area contributed by atoms with Gasteiger partial charge >= 0.3 is 0 Å². The van der Waals surface area contributed by atoms with Crippen LogP contribution in [-0.4, -0.2) is 65.1 Å². The van der Waals surface area contributed by atoms with Crippen molar-refractivity contribution >= 4 is 22.7 Å². The quantitative estimate of drug-likeness (QED) is 0.725. The topological polar surface area (TPSA) is 85.9 Å². The van der Waals surface area contributed by atoms with Crippen LogP contribution in [0.2, 0.25) is 0 Å². The number of aromatic amines is 1. The first-order chi connectivity index (χ1) is 16.0. The van der Waals surface area contributed by atoms with Crippen molar-refractivity contribution in [3.63, 3.8) is 0 Å². The van der Waals surface area contributed by atoms with Gasteiger partial charge in [0.15, 0.2) is 0 Å². The number of aromatic nitrogens is 1. The smallest absolute Gasteiger partial charge is 0.226 e. The van der Waals surface area contributed by atoms with Gasteiger partial charge < -0.3 is 24.6 Å². The molecule has 33 heavy (non-hydrogen) atoms. The fourth-order valence-corrected chi connectivity index (χ4v) is 6.31. The minimum atomic E-state index is -0.390. The van der Waals surface area contributed by atoms with Crippen molar-refractivity contribution in [3.05, 3.63) is 29.5 Å². The van der Waals surface area contributed by atoms with Crippen LogP contribution in [0.15, 0.2) is 18.2 Å². The minimum Gasteiger partial charge on any atom is -0.497 e. The maximum atomic E-state index is 13.7. The predicted octanol–water partition coefficient (Wildman–Crippen LogP) is 3.51. The summed E-state index contributed by atoms with van der Waals surface area (Å²) >= 11 is 0. The van der Waals surface area contributed by atoms with Crippen molar-refractivity contribution < 1.29 is 19.4 Å². The number of rotatable bonds is 5. The summed E-state index contributed by atoms with van der Waals surface area (Å²) in [6.45, 7) is 3.68. The summed E-state index contributed by atoms with van der Waals surface area (Å²) in [5.41, 5.74) is 2.72. The van der Waals surface area contributed by atoms with Gasteiger partial charge in [-0.1, -0.05) is 26.2 Å². The van der Waals surface area contributed by atoms with Crippen LogP contribution < -0.4 is 4.74 Å². The molecule has 0 radical (unpaired) electrons. The molecule has 2 N–H and O–H groups in total. The Labute approximate surface area is 195 Å². The van der Waals surface area contributed by atoms with Crippen LogP contribution in [0.25, 0.3) is 10.9 Å². The lowest BCUT2D eigenvalue weighted by Crippen LogP contribution is -2.68. The molecule has 0 unspecified atom stereocenters. The number of carbonyl (C=O) groups excluding carboxylic acids is 2. The lowest BCUT2D eigenvalue weighted by Gasteiger charge is -2.56. The van der Waals surface area contributed by atoms with E-state index in [2.05, 4.69) is 11.1 Å². The normalized spacial score (nSPS) is 22.3. The number of likely N-dealkylation sites (tertiary alicyclic amines) is 1. The number of ether oxygens (including phenoxy) is 1. The zero-order chi connectivity index (χ0) is 23.2. The van der Waals surface area contributed by atoms with Crippen molar-refractivity contribution in [2.75, 3.05) is 33.4 Å². The van der Waals surface area contributed by atoms with E-state index < -0.39 is 0 Å². The molecular formula is C26H35N3O4. The molecule has 1 saturated heterocycles. The number of aliphatic hydroxyl groups excluding tert-OH is 1. The number of H-pyrrole nitrogens is 1. The molecule has 0 bridgehead atoms. The maximum absolute atomic E-state index is 13.7. The Kier molecular flexibility index (Phi) is 5.85. The Morgan fingerprint density at radius 1 is 1.18 bits per heavy atom. The molecule has 3 aliphatic rings. The van der Waals surface area contributed by atoms with E-state index >= 15 is 0 Å². The van der Waals surface area contributed by atoms with Crippen LogP contribution in [-0.2, 0) is 15.0 Å². The fraction of sp³-hybridized carbons (Fsp3) is 0.615. The van der Waals surface area contributed by atoms with E-state index in [1.165, 1.54) is 6.42 Å². The number of fused-ring (bicyclic) bond motifs is 4. The highest BCUT2D eigenvalue weighted by Gasteiger charge is 2.55. The molecule has 3 heterocycles. The Balaban J connectivity index is 1.57. The average molecular weight is 454 g/mol. The molecule has 1 spiro atoms. The van der Waals surface area contributed by atoms with Gasteiger partial charge in [0, 0.05) is 54.6 Å². The fourth-order valence-electron chi connectivity index (χ4n) is 6.31. The minimum absolute atomic E-state index is 0.0359. The monoisotopic (exact) mass is 453 g/mol. The van der Waals surface area contributed by atoms with Gasteiger partial charge in [-0.15, -0.1) is 0 Å². The number of hydrogen-bond donors (Lipinski definition) is 2. The summed E-state index contributed by atoms with van der Waals surface area (Å²) in [7, 11) is 1.65. The molecular weight excluding hydrogens is 418 g/mol. The summed E-state index contributed by atoms with van der Waals surface area (Å²) in [4.78, 5) is 33.7. The molecule has 178 valence electrons. The van der Waals surface area contributed by atoms with Gasteiger partial charge in [-0.25, -0.2) is 0 Å². The van der Waals surface area contributed by atoms with Gasteiger partial charge in [0.05, 0.1) is 25.2 Å². The SMILES string of the molecule is CCCC(=O)N1CC2(C1)CN(C(=O)C1CCCCC1)[C@@H](CO)c1[nH]c3cc(OC)ccc3c12. The van der Waals surface area contributed by atoms with Crippen LogP contribution >= 0.6 is 0 Å². The third-order valence-corrected chi connectivity index (χ3v) is 7.96. The van der Waals surface area contributed by atoms with Crippen molar-refractivity contribution in [2.45, 2.75) is 63.3 Å². The Bertz CT molecular complexity index is 1050. The van der Waals surface area contributed by atoms with Gasteiger partial charge in [-0.2, -0.15) is 0 Å². The van der Waals surface area contributed by atoms with E-state index in [1.807, 2.05) is 28.9 Å². The largest absolute Gasteiger partial charge is 0.497 e. The van der Waals surface area contributed by atoms with Crippen molar-refractivity contribution in [1.82, 2.24) is 14.8 Å². The second-order valence-electron chi connectivity index (χ2n) is 10.1. The standard InChI is InChI=1S/C26H35N3O4/c1-3-7-22(31)28-14-26(15-28)16-29(25(32)17-8-5-4-6-9-17)21(13-30)24-23(26)19-11-10-18(33-2)12-20(19)27-24/h10-12,17,21,27,30H,3-9,13-16H2,1-2H3/t21-/m0/s1. The first kappa shape index (κ1) is 22.3. The Morgan fingerprint density at radius 3 is 2.61 bits per heavy atom. The number of nitrogens with one attached hydrogen (secondary N) is 1. The molecule has 7 heteroatoms. The molecule has 2 aromatic rings. The number of hydrogen-bond acceptors (Lipinski definition) is 4. The van der Waals surface area contributed by atoms with Crippen molar-refractivity contribution in [1.29, 1.82) is 0 Å². The first-order valence-corrected chi connectivity index (χ1v) is 12.4. The summed E-state index contributed by atoms with van der Waals surface area (Å²) in [5, 5.41) is 11.5. The summed E-state index contributed by atoms with van der Waals surface area (Å²) in [6, 6.07) is 5.60. The van der Waals surface area contributed by atoms with Crippen LogP contribution in [0.1, 0.15) is 69.2 Å². The molecule has 1 atom stereocenters. The Morgan fingerprint density at radius 2 is 1.94 bits per heavy atom. The van der Waals surface area contributed by atoms with E-state index in [4.69, 9.17) is 4.74 Å². The lowest BCUT2D eigenvalue weighted by atomic mass is 9.68. The van der Waals surface area contributed by atoms with Crippen LogP contribution in [0.5, 0.6) is 5.75 Å². The van der Waals surface area contributed by atoms with Crippen molar-refractivity contribution in [2.24, 2.45) is 5.92 Å². The molecule has 1 aromatic heterocycles. The predicted molar refractivity (Wildman–Crippen MR) is 126 cm³/mol. The van der Waals surface area contributed by atoms with E-state index in [-0.39, 0.29) is 35.8 Å². The number of aliphatic hydroxyl groups is 1. The summed E-state index contributed by atoms with van der Waals surface area (Å²) in [5.74, 6) is 1.14. The first-order valence-electron chi connectivity index (χ1n) is 12.4. The van der Waals surface area contributed by atoms with E-state index in [1.54, 1.807) is 7.11 Å². The summed E-state index contributed by atoms with van der Waals surface area (Å²) in [6.07, 6.45) is 6.62. The van der Waals surface area contributed by atoms with Gasteiger partial charge in [-0.05, 0) is 37.0 Å². The molecule has 2 aliphatic heterocycles. The van der Waals surface area contributed by atoms with Crippen LogP contribution in [0.4, 0.5) is 0 Å². The summed E-state index contributed by atoms with van der Waals surface area (Å²) < 4.78 is 5.43. The molecule has 1 aliphatic carbocycles. The Hall–Kier alpha value is -2.54. The molecule has 2 amide bonds. The number of benzene rings is 1. The average Bonchev–Trinajstić information content (AvgIpc) is 3.20. The number of methoxy groups -OCH3 is 1. The molecule has 5 rings (SSSR count). The zero-order valence-electron chi connectivity index (χ0n) is 19.7. The third-order valence-electron chi connectivity index (χ3n) is 7.96. The van der Waals surface area contributed by atoms with Gasteiger partial charge in [-0.3, -0.25) is 9.59 Å². The van der Waals surface area contributed by atoms with Gasteiger partial charge in [0.2, 0.25) is 11.8 Å². The lowest BCUT2D eigenvalue weighted by molar-refractivity contribution is -0.148. The highest BCUT2D eigenvalue weighted by Crippen LogP contribution is 2.49. The maximum Gasteiger partial charge on any atom is 0.226 e. The van der Waals surface area contributed by atoms with Crippen molar-refractivity contribution in [3.8, 4) is 5.75 Å². The molecule has 2 fully saturated rings. The van der Waals surface area contributed by atoms with E-state index in [0.29, 0.717) is 26.1 Å². The highest BCUT2D eigenvalue weighted by molar-refractivity contribution is 5.90. The van der Waals surface area contributed by atoms with E-state index in [0.717, 1.165) is 60.0 Å². The van der Waals surface area contributed by atoms with Gasteiger partial charge in [0.25, 0.3) is 0 Å². The van der Waals surface area contributed by atoms with Crippen LogP contribution in [0, 0.1) is 5.92 Å². The zero-order valence-corrected chi connectivity index (χ0v) is 19.7. The highest BCUT2D eigenvalue weighted by atomic mass is 16.5. The number of amides is 2. The second-order valence-corrected chi connectivity index (χ2v) is 10.1.